The average Bonchev–Trinajstić information content (AvgIpc) is 3.72. The van der Waals surface area contributed by atoms with Gasteiger partial charge in [0.1, 0.15) is 29.9 Å². The fraction of sp³-hybridized carbons (Fsp3) is 0.486. The third-order valence-electron chi connectivity index (χ3n) is 11.2. The van der Waals surface area contributed by atoms with Gasteiger partial charge >= 0.3 is 6.01 Å². The fourth-order valence-electron chi connectivity index (χ4n) is 8.51. The van der Waals surface area contributed by atoms with E-state index in [-0.39, 0.29) is 64.4 Å². The Morgan fingerprint density at radius 1 is 1.18 bits per heavy atom. The second kappa shape index (κ2) is 12.0. The molecule has 1 N–H and O–H groups in total. The van der Waals surface area contributed by atoms with Crippen molar-refractivity contribution in [2.45, 2.75) is 82.1 Å². The number of aromatic nitrogens is 4. The molecule has 1 saturated carbocycles. The van der Waals surface area contributed by atoms with Crippen molar-refractivity contribution in [1.29, 1.82) is 5.26 Å². The van der Waals surface area contributed by atoms with Gasteiger partial charge in [-0.3, -0.25) is 9.69 Å². The number of phenolic OH excluding ortho intramolecular Hbond substituents is 1. The predicted molar refractivity (Wildman–Crippen MR) is 179 cm³/mol. The molecule has 49 heavy (non-hydrogen) atoms. The van der Waals surface area contributed by atoms with Gasteiger partial charge in [0, 0.05) is 48.5 Å². The number of rotatable bonds is 7. The van der Waals surface area contributed by atoms with Gasteiger partial charge in [-0.05, 0) is 82.0 Å². The lowest BCUT2D eigenvalue weighted by molar-refractivity contribution is 0.102. The molecular weight excluding hydrogens is 628 g/mol. The molecule has 0 radical (unpaired) electrons. The van der Waals surface area contributed by atoms with Crippen LogP contribution in [0.25, 0.3) is 21.9 Å². The number of piperidine rings is 1. The van der Waals surface area contributed by atoms with Gasteiger partial charge in [0.15, 0.2) is 17.3 Å². The number of hydrogen-bond donors (Lipinski definition) is 1. The maximum absolute atomic E-state index is 15.0. The minimum Gasteiger partial charge on any atom is -0.508 e. The van der Waals surface area contributed by atoms with Crippen LogP contribution < -0.4 is 9.64 Å². The highest BCUT2D eigenvalue weighted by atomic mass is 19.1. The number of carbonyl (C=O) groups excluding carboxylic acids is 1. The number of terminal acetylenes is 1. The molecule has 3 saturated heterocycles. The van der Waals surface area contributed by atoms with E-state index in [1.165, 1.54) is 24.3 Å². The SMILES string of the molecule is C#Cc1c(F)ccc2cc(O)cc(C(=O)c3nc4nc(OC[C@@]56CCCN5C[C@H](F)C6)nc(N5CCC(C#N)CC5C)c4n3C3CCC3)c12. The van der Waals surface area contributed by atoms with Crippen LogP contribution in [0, 0.1) is 35.4 Å². The zero-order valence-electron chi connectivity index (χ0n) is 27.3. The molecule has 3 aliphatic heterocycles. The number of anilines is 1. The average molecular weight is 666 g/mol. The van der Waals surface area contributed by atoms with Gasteiger partial charge in [0.25, 0.3) is 0 Å². The number of ether oxygens (including phenoxy) is 1. The van der Waals surface area contributed by atoms with E-state index in [0.717, 1.165) is 38.6 Å². The van der Waals surface area contributed by atoms with Crippen LogP contribution in [0.3, 0.4) is 0 Å². The summed E-state index contributed by atoms with van der Waals surface area (Å²) in [6, 6.07) is 7.84. The molecule has 12 heteroatoms. The summed E-state index contributed by atoms with van der Waals surface area (Å²) in [7, 11) is 0. The van der Waals surface area contributed by atoms with Crippen molar-refractivity contribution in [3.8, 4) is 30.2 Å². The van der Waals surface area contributed by atoms with E-state index < -0.39 is 23.3 Å². The van der Waals surface area contributed by atoms with Crippen LogP contribution in [-0.4, -0.2) is 79.3 Å². The van der Waals surface area contributed by atoms with E-state index in [9.17, 15) is 23.9 Å². The first kappa shape index (κ1) is 31.5. The lowest BCUT2D eigenvalue weighted by atomic mass is 9.91. The standard InChI is InChI=1S/C37H37F2N7O3/c1-3-27-29(39)9-8-23-15-26(47)16-28(30(23)27)32(48)35-41-33-31(46(35)25-6-4-7-25)34(45-13-10-22(18-40)14-21(45)2)43-36(42-33)49-20-37-11-5-12-44(37)19-24(38)17-37/h1,8-9,15-16,21-22,24-25,47H,4-7,10-14,17,19-20H2,2H3/t21?,22?,24-,37+/m1/s1. The van der Waals surface area contributed by atoms with Crippen LogP contribution in [0.2, 0.25) is 0 Å². The molecule has 4 fully saturated rings. The normalized spacial score (nSPS) is 25.7. The van der Waals surface area contributed by atoms with Gasteiger partial charge in [0.05, 0.1) is 17.2 Å². The van der Waals surface area contributed by atoms with Crippen molar-refractivity contribution < 1.29 is 23.4 Å². The van der Waals surface area contributed by atoms with E-state index >= 15 is 0 Å². The molecule has 0 spiro atoms. The zero-order chi connectivity index (χ0) is 34.0. The lowest BCUT2D eigenvalue weighted by Gasteiger charge is -2.37. The molecule has 2 unspecified atom stereocenters. The first-order valence-electron chi connectivity index (χ1n) is 17.1. The number of carbonyl (C=O) groups is 1. The maximum Gasteiger partial charge on any atom is 0.320 e. The van der Waals surface area contributed by atoms with Crippen molar-refractivity contribution >= 4 is 33.5 Å². The number of imidazole rings is 1. The molecule has 4 aliphatic rings. The highest BCUT2D eigenvalue weighted by Crippen LogP contribution is 2.43. The molecule has 5 heterocycles. The number of nitriles is 1. The number of hydrogen-bond acceptors (Lipinski definition) is 9. The summed E-state index contributed by atoms with van der Waals surface area (Å²) in [6.45, 7) is 4.07. The van der Waals surface area contributed by atoms with Gasteiger partial charge < -0.3 is 19.3 Å². The Labute approximate surface area is 282 Å². The van der Waals surface area contributed by atoms with Crippen LogP contribution in [0.5, 0.6) is 11.8 Å². The van der Waals surface area contributed by atoms with Crippen molar-refractivity contribution in [1.82, 2.24) is 24.4 Å². The molecule has 8 rings (SSSR count). The van der Waals surface area contributed by atoms with E-state index in [0.29, 0.717) is 49.1 Å². The molecular formula is C37H37F2N7O3. The Hall–Kier alpha value is -4.81. The van der Waals surface area contributed by atoms with Gasteiger partial charge in [-0.1, -0.05) is 12.0 Å². The van der Waals surface area contributed by atoms with Gasteiger partial charge in [-0.2, -0.15) is 15.2 Å². The quantitative estimate of drug-likeness (QED) is 0.192. The second-order valence-electron chi connectivity index (χ2n) is 14.1. The smallest absolute Gasteiger partial charge is 0.320 e. The summed E-state index contributed by atoms with van der Waals surface area (Å²) >= 11 is 0. The third-order valence-corrected chi connectivity index (χ3v) is 11.2. The van der Waals surface area contributed by atoms with E-state index in [1.807, 2.05) is 4.57 Å². The fourth-order valence-corrected chi connectivity index (χ4v) is 8.51. The van der Waals surface area contributed by atoms with E-state index in [2.05, 4.69) is 28.7 Å². The monoisotopic (exact) mass is 665 g/mol. The predicted octanol–water partition coefficient (Wildman–Crippen LogP) is 5.85. The van der Waals surface area contributed by atoms with Crippen molar-refractivity contribution in [2.24, 2.45) is 5.92 Å². The third kappa shape index (κ3) is 5.16. The lowest BCUT2D eigenvalue weighted by Crippen LogP contribution is -2.44. The molecule has 4 atom stereocenters. The Morgan fingerprint density at radius 2 is 2.02 bits per heavy atom. The number of nitrogens with zero attached hydrogens (tertiary/aromatic N) is 7. The number of phenols is 1. The Balaban J connectivity index is 1.29. The van der Waals surface area contributed by atoms with Crippen molar-refractivity contribution in [2.75, 3.05) is 31.1 Å². The van der Waals surface area contributed by atoms with Crippen LogP contribution in [0.15, 0.2) is 24.3 Å². The Morgan fingerprint density at radius 3 is 2.76 bits per heavy atom. The summed E-state index contributed by atoms with van der Waals surface area (Å²) in [6.07, 6.45) is 10.9. The topological polar surface area (TPSA) is 120 Å². The highest BCUT2D eigenvalue weighted by molar-refractivity contribution is 6.17. The number of ketones is 1. The summed E-state index contributed by atoms with van der Waals surface area (Å²) in [5, 5.41) is 21.0. The first-order valence-corrected chi connectivity index (χ1v) is 17.1. The number of aromatic hydroxyl groups is 1. The van der Waals surface area contributed by atoms with Crippen LogP contribution in [0.4, 0.5) is 14.6 Å². The van der Waals surface area contributed by atoms with E-state index in [1.54, 1.807) is 0 Å². The summed E-state index contributed by atoms with van der Waals surface area (Å²) in [5.41, 5.74) is 0.410. The minimum atomic E-state index is -0.908. The molecule has 0 bridgehead atoms. The Kier molecular flexibility index (Phi) is 7.68. The maximum atomic E-state index is 15.0. The molecule has 10 nitrogen and oxygen atoms in total. The van der Waals surface area contributed by atoms with Gasteiger partial charge in [-0.25, -0.2) is 13.8 Å². The van der Waals surface area contributed by atoms with Crippen molar-refractivity contribution in [3.05, 3.63) is 47.0 Å². The summed E-state index contributed by atoms with van der Waals surface area (Å²) in [5.74, 6) is 1.62. The number of alkyl halides is 1. The first-order chi connectivity index (χ1) is 23.7. The van der Waals surface area contributed by atoms with Gasteiger partial charge in [-0.15, -0.1) is 6.42 Å². The van der Waals surface area contributed by atoms with Crippen LogP contribution in [-0.2, 0) is 0 Å². The largest absolute Gasteiger partial charge is 0.508 e. The minimum absolute atomic E-state index is 0.0370. The molecule has 252 valence electrons. The van der Waals surface area contributed by atoms with Gasteiger partial charge in [0.2, 0.25) is 5.78 Å². The molecule has 1 aliphatic carbocycles. The number of benzene rings is 2. The van der Waals surface area contributed by atoms with E-state index in [4.69, 9.17) is 26.1 Å². The van der Waals surface area contributed by atoms with Crippen molar-refractivity contribution in [3.63, 3.8) is 0 Å². The Bertz CT molecular complexity index is 2080. The van der Waals surface area contributed by atoms with Crippen LogP contribution in [0.1, 0.15) is 86.1 Å². The van der Waals surface area contributed by atoms with Crippen LogP contribution >= 0.6 is 0 Å². The number of halogens is 2. The summed E-state index contributed by atoms with van der Waals surface area (Å²) in [4.78, 5) is 33.5. The molecule has 4 aromatic rings. The zero-order valence-corrected chi connectivity index (χ0v) is 27.3. The highest BCUT2D eigenvalue weighted by Gasteiger charge is 2.49. The molecule has 2 aromatic carbocycles. The molecule has 2 aromatic heterocycles. The number of fused-ring (bicyclic) bond motifs is 3. The molecule has 0 amide bonds. The summed E-state index contributed by atoms with van der Waals surface area (Å²) < 4.78 is 37.8. The second-order valence-corrected chi connectivity index (χ2v) is 14.1.